The number of aryl methyl sites for hydroxylation is 2. The zero-order chi connectivity index (χ0) is 24.0. The third-order valence-corrected chi connectivity index (χ3v) is 5.79. The quantitative estimate of drug-likeness (QED) is 0.306. The van der Waals surface area contributed by atoms with Crippen molar-refractivity contribution >= 4 is 33.6 Å². The van der Waals surface area contributed by atoms with Crippen LogP contribution in [-0.4, -0.2) is 20.1 Å². The van der Waals surface area contributed by atoms with Crippen LogP contribution in [0.3, 0.4) is 0 Å². The Labute approximate surface area is 202 Å². The van der Waals surface area contributed by atoms with Crippen molar-refractivity contribution in [3.05, 3.63) is 92.5 Å². The van der Waals surface area contributed by atoms with E-state index in [2.05, 4.69) is 53.3 Å². The molecule has 1 amide bonds. The van der Waals surface area contributed by atoms with Crippen LogP contribution in [0.1, 0.15) is 27.8 Å². The summed E-state index contributed by atoms with van der Waals surface area (Å²) in [7, 11) is 3.19. The lowest BCUT2D eigenvalue weighted by atomic mass is 9.98. The van der Waals surface area contributed by atoms with Gasteiger partial charge in [-0.2, -0.15) is 5.26 Å². The SMILES string of the molecule is COc1ccc(NC(=O)/C(C#N)=C/c2cc(Br)c(Cc3cc(C)cc(C)c3)c(OC)c2)cc1. The van der Waals surface area contributed by atoms with Crippen molar-refractivity contribution in [2.24, 2.45) is 0 Å². The van der Waals surface area contributed by atoms with E-state index < -0.39 is 5.91 Å². The van der Waals surface area contributed by atoms with Crippen molar-refractivity contribution in [1.29, 1.82) is 5.26 Å². The molecule has 3 rings (SSSR count). The van der Waals surface area contributed by atoms with Crippen LogP contribution in [0.25, 0.3) is 6.08 Å². The van der Waals surface area contributed by atoms with Crippen molar-refractivity contribution in [1.82, 2.24) is 0 Å². The summed E-state index contributed by atoms with van der Waals surface area (Å²) in [6.07, 6.45) is 2.24. The summed E-state index contributed by atoms with van der Waals surface area (Å²) in [5.41, 5.74) is 5.85. The zero-order valence-electron chi connectivity index (χ0n) is 19.0. The van der Waals surface area contributed by atoms with E-state index in [4.69, 9.17) is 9.47 Å². The largest absolute Gasteiger partial charge is 0.497 e. The first kappa shape index (κ1) is 24.1. The summed E-state index contributed by atoms with van der Waals surface area (Å²) in [5, 5.41) is 12.3. The molecule has 0 aliphatic carbocycles. The van der Waals surface area contributed by atoms with Crippen molar-refractivity contribution in [3.63, 3.8) is 0 Å². The molecule has 33 heavy (non-hydrogen) atoms. The Morgan fingerprint density at radius 2 is 1.70 bits per heavy atom. The lowest BCUT2D eigenvalue weighted by Gasteiger charge is -2.13. The van der Waals surface area contributed by atoms with Gasteiger partial charge in [0.05, 0.1) is 14.2 Å². The number of rotatable bonds is 7. The molecule has 0 bridgehead atoms. The third-order valence-electron chi connectivity index (χ3n) is 5.08. The molecule has 0 spiro atoms. The van der Waals surface area contributed by atoms with Gasteiger partial charge < -0.3 is 14.8 Å². The number of hydrogen-bond acceptors (Lipinski definition) is 4. The van der Waals surface area contributed by atoms with Crippen LogP contribution in [0.2, 0.25) is 0 Å². The second kappa shape index (κ2) is 10.8. The number of carbonyl (C=O) groups excluding carboxylic acids is 1. The average molecular weight is 505 g/mol. The second-order valence-corrected chi connectivity index (χ2v) is 8.56. The van der Waals surface area contributed by atoms with Crippen molar-refractivity contribution in [2.45, 2.75) is 20.3 Å². The maximum atomic E-state index is 12.6. The van der Waals surface area contributed by atoms with E-state index >= 15 is 0 Å². The van der Waals surface area contributed by atoms with Gasteiger partial charge in [0.2, 0.25) is 0 Å². The van der Waals surface area contributed by atoms with Crippen LogP contribution in [-0.2, 0) is 11.2 Å². The summed E-state index contributed by atoms with van der Waals surface area (Å²) in [5.74, 6) is 0.876. The Bertz CT molecular complexity index is 1220. The number of benzene rings is 3. The first-order valence-electron chi connectivity index (χ1n) is 10.3. The number of ether oxygens (including phenoxy) is 2. The number of hydrogen-bond donors (Lipinski definition) is 1. The molecule has 1 N–H and O–H groups in total. The molecule has 0 heterocycles. The molecule has 6 heteroatoms. The molecule has 0 aliphatic heterocycles. The molecule has 0 radical (unpaired) electrons. The standard InChI is InChI=1S/C27H25BrN2O3/c1-17-9-18(2)11-19(10-17)13-24-25(28)14-20(15-26(24)33-4)12-21(16-29)27(31)30-22-5-7-23(32-3)8-6-22/h5-12,14-15H,13H2,1-4H3,(H,30,31)/b21-12+. The first-order chi connectivity index (χ1) is 15.8. The van der Waals surface area contributed by atoms with Crippen molar-refractivity contribution in [2.75, 3.05) is 19.5 Å². The van der Waals surface area contributed by atoms with E-state index in [-0.39, 0.29) is 5.57 Å². The van der Waals surface area contributed by atoms with Gasteiger partial charge in [-0.3, -0.25) is 4.79 Å². The molecule has 0 atom stereocenters. The van der Waals surface area contributed by atoms with E-state index in [1.165, 1.54) is 16.7 Å². The summed E-state index contributed by atoms with van der Waals surface area (Å²) < 4.78 is 11.6. The lowest BCUT2D eigenvalue weighted by molar-refractivity contribution is -0.112. The van der Waals surface area contributed by atoms with Crippen molar-refractivity contribution in [3.8, 4) is 17.6 Å². The molecule has 3 aromatic carbocycles. The number of amides is 1. The minimum absolute atomic E-state index is 0.0122. The highest BCUT2D eigenvalue weighted by atomic mass is 79.9. The monoisotopic (exact) mass is 504 g/mol. The number of methoxy groups -OCH3 is 2. The van der Waals surface area contributed by atoms with E-state index in [9.17, 15) is 10.1 Å². The third kappa shape index (κ3) is 6.24. The molecular formula is C27H25BrN2O3. The van der Waals surface area contributed by atoms with E-state index in [0.717, 1.165) is 10.0 Å². The van der Waals surface area contributed by atoms with Crippen LogP contribution >= 0.6 is 15.9 Å². The average Bonchev–Trinajstić information content (AvgIpc) is 2.78. The zero-order valence-corrected chi connectivity index (χ0v) is 20.6. The molecule has 3 aromatic rings. The molecular weight excluding hydrogens is 480 g/mol. The minimum atomic E-state index is -0.489. The van der Waals surface area contributed by atoms with Gasteiger partial charge in [-0.05, 0) is 67.4 Å². The highest BCUT2D eigenvalue weighted by Gasteiger charge is 2.14. The minimum Gasteiger partial charge on any atom is -0.497 e. The molecule has 0 aromatic heterocycles. The Morgan fingerprint density at radius 1 is 1.03 bits per heavy atom. The molecule has 0 unspecified atom stereocenters. The summed E-state index contributed by atoms with van der Waals surface area (Å²) in [6, 6.07) is 19.1. The predicted molar refractivity (Wildman–Crippen MR) is 135 cm³/mol. The molecule has 0 saturated heterocycles. The van der Waals surface area contributed by atoms with Crippen molar-refractivity contribution < 1.29 is 14.3 Å². The van der Waals surface area contributed by atoms with Gasteiger partial charge in [-0.25, -0.2) is 0 Å². The molecule has 0 aliphatic rings. The fourth-order valence-electron chi connectivity index (χ4n) is 3.63. The van der Waals surface area contributed by atoms with Crippen LogP contribution in [0.4, 0.5) is 5.69 Å². The topological polar surface area (TPSA) is 71.3 Å². The second-order valence-electron chi connectivity index (χ2n) is 7.71. The highest BCUT2D eigenvalue weighted by molar-refractivity contribution is 9.10. The van der Waals surface area contributed by atoms with Gasteiger partial charge in [-0.1, -0.05) is 45.3 Å². The van der Waals surface area contributed by atoms with Gasteiger partial charge in [0.15, 0.2) is 0 Å². The summed E-state index contributed by atoms with van der Waals surface area (Å²) >= 11 is 3.64. The Hall–Kier alpha value is -3.56. The molecule has 5 nitrogen and oxygen atoms in total. The number of nitrogens with one attached hydrogen (secondary N) is 1. The molecule has 168 valence electrons. The van der Waals surface area contributed by atoms with Gasteiger partial charge in [0.1, 0.15) is 23.1 Å². The number of carbonyl (C=O) groups is 1. The molecule has 0 saturated carbocycles. The van der Waals surface area contributed by atoms with E-state index in [1.54, 1.807) is 44.6 Å². The fourth-order valence-corrected chi connectivity index (χ4v) is 4.23. The molecule has 0 fully saturated rings. The van der Waals surface area contributed by atoms with Crippen LogP contribution in [0.15, 0.2) is 64.6 Å². The maximum absolute atomic E-state index is 12.6. The maximum Gasteiger partial charge on any atom is 0.266 e. The van der Waals surface area contributed by atoms with E-state index in [1.807, 2.05) is 18.2 Å². The van der Waals surface area contributed by atoms with Gasteiger partial charge in [0, 0.05) is 22.1 Å². The van der Waals surface area contributed by atoms with Crippen LogP contribution in [0.5, 0.6) is 11.5 Å². The predicted octanol–water partition coefficient (Wildman–Crippen LogP) is 6.22. The first-order valence-corrected chi connectivity index (χ1v) is 11.1. The number of nitrogens with zero attached hydrogens (tertiary/aromatic N) is 1. The Morgan fingerprint density at radius 3 is 2.27 bits per heavy atom. The summed E-state index contributed by atoms with van der Waals surface area (Å²) in [4.78, 5) is 12.6. The number of nitriles is 1. The number of halogens is 1. The fraction of sp³-hybridized carbons (Fsp3) is 0.185. The highest BCUT2D eigenvalue weighted by Crippen LogP contribution is 2.32. The van der Waals surface area contributed by atoms with Crippen LogP contribution in [0, 0.1) is 25.2 Å². The van der Waals surface area contributed by atoms with Gasteiger partial charge in [0.25, 0.3) is 5.91 Å². The number of anilines is 1. The van der Waals surface area contributed by atoms with Crippen LogP contribution < -0.4 is 14.8 Å². The Kier molecular flexibility index (Phi) is 7.92. The lowest BCUT2D eigenvalue weighted by Crippen LogP contribution is -2.13. The van der Waals surface area contributed by atoms with Gasteiger partial charge in [-0.15, -0.1) is 0 Å². The van der Waals surface area contributed by atoms with Gasteiger partial charge >= 0.3 is 0 Å². The normalized spacial score (nSPS) is 11.0. The summed E-state index contributed by atoms with van der Waals surface area (Å²) in [6.45, 7) is 4.16. The smallest absolute Gasteiger partial charge is 0.266 e. The van der Waals surface area contributed by atoms with E-state index in [0.29, 0.717) is 29.2 Å². The Balaban J connectivity index is 1.87.